The first-order chi connectivity index (χ1) is 16.2. The molecule has 4 aromatic rings. The molecule has 0 bridgehead atoms. The normalized spacial score (nSPS) is 13.8. The minimum atomic E-state index is -0.291. The van der Waals surface area contributed by atoms with Gasteiger partial charge in [0.1, 0.15) is 5.82 Å². The van der Waals surface area contributed by atoms with Gasteiger partial charge in [0.05, 0.1) is 17.9 Å². The van der Waals surface area contributed by atoms with Gasteiger partial charge in [-0.3, -0.25) is 9.78 Å². The number of halogens is 1. The van der Waals surface area contributed by atoms with Crippen molar-refractivity contribution in [3.63, 3.8) is 0 Å². The second-order valence-electron chi connectivity index (χ2n) is 7.85. The zero-order chi connectivity index (χ0) is 22.6. The smallest absolute Gasteiger partial charge is 0.272 e. The molecule has 2 aromatic carbocycles. The number of nitrogens with zero attached hydrogens (tertiary/aromatic N) is 5. The lowest BCUT2D eigenvalue weighted by Gasteiger charge is -2.37. The molecule has 166 valence electrons. The lowest BCUT2D eigenvalue weighted by Crippen LogP contribution is -2.47. The Morgan fingerprint density at radius 3 is 2.30 bits per heavy atom. The van der Waals surface area contributed by atoms with E-state index in [2.05, 4.69) is 25.4 Å². The van der Waals surface area contributed by atoms with Crippen molar-refractivity contribution >= 4 is 28.2 Å². The van der Waals surface area contributed by atoms with Crippen LogP contribution in [0.5, 0.6) is 0 Å². The maximum absolute atomic E-state index is 14.2. The molecule has 1 aliphatic rings. The lowest BCUT2D eigenvalue weighted by molar-refractivity contribution is 0.0946. The zero-order valence-corrected chi connectivity index (χ0v) is 18.0. The molecule has 0 radical (unpaired) electrons. The minimum Gasteiger partial charge on any atom is -0.366 e. The lowest BCUT2D eigenvalue weighted by atomic mass is 10.1. The van der Waals surface area contributed by atoms with Gasteiger partial charge in [-0.15, -0.1) is 10.2 Å². The molecule has 1 fully saturated rings. The van der Waals surface area contributed by atoms with E-state index in [4.69, 9.17) is 0 Å². The molecule has 2 aromatic heterocycles. The molecule has 1 N–H and O–H groups in total. The first-order valence-electron chi connectivity index (χ1n) is 10.9. The number of carbonyl (C=O) groups is 1. The van der Waals surface area contributed by atoms with Gasteiger partial charge in [0.2, 0.25) is 0 Å². The van der Waals surface area contributed by atoms with Crippen LogP contribution in [-0.4, -0.2) is 47.3 Å². The number of fused-ring (bicyclic) bond motifs is 1. The van der Waals surface area contributed by atoms with Gasteiger partial charge in [0, 0.05) is 43.1 Å². The van der Waals surface area contributed by atoms with Crippen LogP contribution >= 0.6 is 0 Å². The van der Waals surface area contributed by atoms with E-state index in [-0.39, 0.29) is 17.4 Å². The second-order valence-corrected chi connectivity index (χ2v) is 7.85. The van der Waals surface area contributed by atoms with Crippen molar-refractivity contribution in [2.45, 2.75) is 6.54 Å². The Balaban J connectivity index is 1.35. The molecule has 1 aliphatic heterocycles. The van der Waals surface area contributed by atoms with Gasteiger partial charge in [-0.1, -0.05) is 42.5 Å². The first kappa shape index (κ1) is 20.8. The van der Waals surface area contributed by atoms with Gasteiger partial charge in [-0.05, 0) is 24.3 Å². The van der Waals surface area contributed by atoms with E-state index < -0.39 is 0 Å². The molecule has 0 atom stereocenters. The number of aromatic nitrogens is 3. The van der Waals surface area contributed by atoms with Crippen molar-refractivity contribution in [2.24, 2.45) is 0 Å². The fraction of sp³-hybridized carbons (Fsp3) is 0.200. The highest BCUT2D eigenvalue weighted by atomic mass is 19.1. The van der Waals surface area contributed by atoms with E-state index >= 15 is 0 Å². The SMILES string of the molecule is O=C(NCc1ccccn1)c1nnc(N2CCN(c3ccccc3F)CC2)c2ccccc12. The van der Waals surface area contributed by atoms with Crippen molar-refractivity contribution in [1.82, 2.24) is 20.5 Å². The Kier molecular flexibility index (Phi) is 5.80. The summed E-state index contributed by atoms with van der Waals surface area (Å²) in [6.45, 7) is 3.01. The summed E-state index contributed by atoms with van der Waals surface area (Å²) in [4.78, 5) is 21.3. The molecule has 8 heteroatoms. The van der Waals surface area contributed by atoms with Gasteiger partial charge in [0.15, 0.2) is 11.5 Å². The molecule has 0 saturated carbocycles. The maximum Gasteiger partial charge on any atom is 0.272 e. The highest BCUT2D eigenvalue weighted by molar-refractivity contribution is 6.07. The third-order valence-electron chi connectivity index (χ3n) is 5.81. The molecule has 0 spiro atoms. The Labute approximate surface area is 190 Å². The molecular weight excluding hydrogens is 419 g/mol. The number of nitrogens with one attached hydrogen (secondary N) is 1. The average Bonchev–Trinajstić information content (AvgIpc) is 2.88. The van der Waals surface area contributed by atoms with Crippen LogP contribution < -0.4 is 15.1 Å². The second kappa shape index (κ2) is 9.20. The van der Waals surface area contributed by atoms with Crippen LogP contribution in [0, 0.1) is 5.82 Å². The standard InChI is InChI=1S/C25H23FN6O/c26-21-10-3-4-11-22(21)31-13-15-32(16-14-31)24-20-9-2-1-8-19(20)23(29-30-24)25(33)28-17-18-7-5-6-12-27-18/h1-12H,13-17H2,(H,28,33). The van der Waals surface area contributed by atoms with Gasteiger partial charge in [-0.2, -0.15) is 0 Å². The fourth-order valence-electron chi connectivity index (χ4n) is 4.12. The van der Waals surface area contributed by atoms with Crippen molar-refractivity contribution < 1.29 is 9.18 Å². The number of hydrogen-bond acceptors (Lipinski definition) is 6. The van der Waals surface area contributed by atoms with Crippen molar-refractivity contribution in [3.8, 4) is 0 Å². The predicted octanol–water partition coefficient (Wildman–Crippen LogP) is 3.42. The van der Waals surface area contributed by atoms with Crippen molar-refractivity contribution in [2.75, 3.05) is 36.0 Å². The fourth-order valence-corrected chi connectivity index (χ4v) is 4.12. The quantitative estimate of drug-likeness (QED) is 0.511. The Morgan fingerprint density at radius 2 is 1.55 bits per heavy atom. The van der Waals surface area contributed by atoms with E-state index in [9.17, 15) is 9.18 Å². The number of piperazine rings is 1. The summed E-state index contributed by atoms with van der Waals surface area (Å²) in [7, 11) is 0. The van der Waals surface area contributed by atoms with Gasteiger partial charge < -0.3 is 15.1 Å². The summed E-state index contributed by atoms with van der Waals surface area (Å²) in [6, 6.07) is 20.1. The van der Waals surface area contributed by atoms with Gasteiger partial charge in [-0.25, -0.2) is 4.39 Å². The summed E-state index contributed by atoms with van der Waals surface area (Å²) in [6.07, 6.45) is 1.69. The van der Waals surface area contributed by atoms with E-state index in [0.29, 0.717) is 38.4 Å². The van der Waals surface area contributed by atoms with E-state index in [1.807, 2.05) is 53.4 Å². The number of anilines is 2. The minimum absolute atomic E-state index is 0.211. The molecule has 1 saturated heterocycles. The molecule has 0 unspecified atom stereocenters. The Bertz CT molecular complexity index is 1270. The Hall–Kier alpha value is -4.07. The predicted molar refractivity (Wildman–Crippen MR) is 126 cm³/mol. The number of pyridine rings is 1. The molecular formula is C25H23FN6O. The highest BCUT2D eigenvalue weighted by Crippen LogP contribution is 2.28. The molecule has 5 rings (SSSR count). The number of benzene rings is 2. The Morgan fingerprint density at radius 1 is 0.848 bits per heavy atom. The molecule has 7 nitrogen and oxygen atoms in total. The number of para-hydroxylation sites is 1. The maximum atomic E-state index is 14.2. The number of rotatable bonds is 5. The molecule has 0 aliphatic carbocycles. The van der Waals surface area contributed by atoms with E-state index in [1.165, 1.54) is 6.07 Å². The molecule has 33 heavy (non-hydrogen) atoms. The van der Waals surface area contributed by atoms with Gasteiger partial charge in [0.25, 0.3) is 5.91 Å². The van der Waals surface area contributed by atoms with Crippen LogP contribution in [0.15, 0.2) is 72.9 Å². The third-order valence-corrected chi connectivity index (χ3v) is 5.81. The number of hydrogen-bond donors (Lipinski definition) is 1. The van der Waals surface area contributed by atoms with Crippen LogP contribution in [0.3, 0.4) is 0 Å². The number of carbonyl (C=O) groups excluding carboxylic acids is 1. The van der Waals surface area contributed by atoms with Gasteiger partial charge >= 0.3 is 0 Å². The number of amides is 1. The topological polar surface area (TPSA) is 74.2 Å². The van der Waals surface area contributed by atoms with Crippen LogP contribution in [0.4, 0.5) is 15.9 Å². The molecule has 1 amide bonds. The third kappa shape index (κ3) is 4.32. The zero-order valence-electron chi connectivity index (χ0n) is 18.0. The van der Waals surface area contributed by atoms with Crippen LogP contribution in [0.25, 0.3) is 10.8 Å². The summed E-state index contributed by atoms with van der Waals surface area (Å²) in [5.74, 6) is 0.234. The van der Waals surface area contributed by atoms with E-state index in [0.717, 1.165) is 22.3 Å². The molecule has 3 heterocycles. The largest absolute Gasteiger partial charge is 0.366 e. The van der Waals surface area contributed by atoms with E-state index in [1.54, 1.807) is 18.3 Å². The van der Waals surface area contributed by atoms with Crippen LogP contribution in [-0.2, 0) is 6.54 Å². The first-order valence-corrected chi connectivity index (χ1v) is 10.9. The van der Waals surface area contributed by atoms with Crippen LogP contribution in [0.1, 0.15) is 16.2 Å². The monoisotopic (exact) mass is 442 g/mol. The van der Waals surface area contributed by atoms with Crippen LogP contribution in [0.2, 0.25) is 0 Å². The van der Waals surface area contributed by atoms with Crippen molar-refractivity contribution in [3.05, 3.63) is 90.1 Å². The highest BCUT2D eigenvalue weighted by Gasteiger charge is 2.23. The summed E-state index contributed by atoms with van der Waals surface area (Å²) in [5, 5.41) is 13.2. The summed E-state index contributed by atoms with van der Waals surface area (Å²) in [5.41, 5.74) is 1.68. The summed E-state index contributed by atoms with van der Waals surface area (Å²) >= 11 is 0. The average molecular weight is 442 g/mol. The van der Waals surface area contributed by atoms with Crippen molar-refractivity contribution in [1.29, 1.82) is 0 Å². The summed E-state index contributed by atoms with van der Waals surface area (Å²) < 4.78 is 14.2.